The number of benzene rings is 1. The van der Waals surface area contributed by atoms with Gasteiger partial charge in [0.1, 0.15) is 5.75 Å². The average molecular weight is 190 g/mol. The lowest BCUT2D eigenvalue weighted by Crippen LogP contribution is -2.22. The van der Waals surface area contributed by atoms with E-state index in [-0.39, 0.29) is 5.41 Å². The molecule has 2 atom stereocenters. The molecule has 0 aromatic heterocycles. The minimum Gasteiger partial charge on any atom is -0.493 e. The second kappa shape index (κ2) is 2.74. The molecule has 0 unspecified atom stereocenters. The number of ether oxygens (including phenoxy) is 1. The molecule has 2 heteroatoms. The Kier molecular flexibility index (Phi) is 1.62. The zero-order valence-corrected chi connectivity index (χ0v) is 8.07. The smallest absolute Gasteiger partial charge is 0.123 e. The van der Waals surface area contributed by atoms with E-state index in [1.165, 1.54) is 5.56 Å². The average Bonchev–Trinajstić information content (AvgIpc) is 2.94. The van der Waals surface area contributed by atoms with Gasteiger partial charge in [-0.3, -0.25) is 0 Å². The first kappa shape index (κ1) is 8.30. The van der Waals surface area contributed by atoms with Crippen LogP contribution in [0, 0.1) is 5.92 Å². The van der Waals surface area contributed by atoms with Crippen molar-refractivity contribution in [1.82, 2.24) is 0 Å². The molecule has 1 N–H and O–H groups in total. The minimum absolute atomic E-state index is 0.254. The third-order valence-electron chi connectivity index (χ3n) is 3.68. The van der Waals surface area contributed by atoms with E-state index < -0.39 is 0 Å². The largest absolute Gasteiger partial charge is 0.493 e. The van der Waals surface area contributed by atoms with Crippen LogP contribution in [0.4, 0.5) is 0 Å². The Bertz CT molecular complexity index is 361. The van der Waals surface area contributed by atoms with Crippen LogP contribution >= 0.6 is 0 Å². The molecule has 1 spiro atoms. The lowest BCUT2D eigenvalue weighted by molar-refractivity contribution is 0.224. The van der Waals surface area contributed by atoms with Crippen LogP contribution in [0.25, 0.3) is 0 Å². The molecule has 1 heterocycles. The molecule has 74 valence electrons. The summed E-state index contributed by atoms with van der Waals surface area (Å²) in [6, 6.07) is 8.24. The zero-order valence-electron chi connectivity index (χ0n) is 8.07. The molecule has 14 heavy (non-hydrogen) atoms. The van der Waals surface area contributed by atoms with Gasteiger partial charge in [-0.2, -0.15) is 0 Å². The summed E-state index contributed by atoms with van der Waals surface area (Å²) in [5.41, 5.74) is 1.56. The molecule has 1 aromatic rings. The molecular weight excluding hydrogens is 176 g/mol. The number of para-hydroxylation sites is 1. The van der Waals surface area contributed by atoms with E-state index in [0.717, 1.165) is 25.2 Å². The molecule has 2 nitrogen and oxygen atoms in total. The quantitative estimate of drug-likeness (QED) is 0.730. The van der Waals surface area contributed by atoms with E-state index in [4.69, 9.17) is 4.74 Å². The molecule has 0 bridgehead atoms. The van der Waals surface area contributed by atoms with Gasteiger partial charge in [0.15, 0.2) is 0 Å². The molecule has 2 aliphatic rings. The molecule has 1 aromatic carbocycles. The summed E-state index contributed by atoms with van der Waals surface area (Å²) in [6.07, 6.45) is 2.19. The molecule has 1 fully saturated rings. The van der Waals surface area contributed by atoms with Crippen molar-refractivity contribution in [3.05, 3.63) is 29.8 Å². The Hall–Kier alpha value is -1.02. The van der Waals surface area contributed by atoms with Crippen LogP contribution in [0.1, 0.15) is 18.4 Å². The van der Waals surface area contributed by atoms with Crippen molar-refractivity contribution in [3.63, 3.8) is 0 Å². The van der Waals surface area contributed by atoms with E-state index in [9.17, 15) is 5.11 Å². The Morgan fingerprint density at radius 3 is 3.07 bits per heavy atom. The monoisotopic (exact) mass is 190 g/mol. The van der Waals surface area contributed by atoms with E-state index >= 15 is 0 Å². The van der Waals surface area contributed by atoms with Crippen molar-refractivity contribution in [2.24, 2.45) is 5.92 Å². The lowest BCUT2D eigenvalue weighted by Gasteiger charge is -2.26. The van der Waals surface area contributed by atoms with Gasteiger partial charge in [-0.05, 0) is 24.8 Å². The lowest BCUT2D eigenvalue weighted by atomic mass is 9.88. The van der Waals surface area contributed by atoms with Crippen LogP contribution in [-0.2, 0) is 5.41 Å². The molecular formula is C12H14O2. The van der Waals surface area contributed by atoms with Crippen molar-refractivity contribution in [1.29, 1.82) is 0 Å². The van der Waals surface area contributed by atoms with Gasteiger partial charge >= 0.3 is 0 Å². The third-order valence-corrected chi connectivity index (χ3v) is 3.68. The number of aliphatic hydroxyl groups is 1. The highest BCUT2D eigenvalue weighted by Crippen LogP contribution is 2.60. The Morgan fingerprint density at radius 2 is 2.29 bits per heavy atom. The van der Waals surface area contributed by atoms with Gasteiger partial charge in [0.25, 0.3) is 0 Å². The van der Waals surface area contributed by atoms with Gasteiger partial charge in [0.2, 0.25) is 0 Å². The van der Waals surface area contributed by atoms with Crippen LogP contribution in [0.3, 0.4) is 0 Å². The van der Waals surface area contributed by atoms with Crippen molar-refractivity contribution in [2.75, 3.05) is 13.2 Å². The van der Waals surface area contributed by atoms with E-state index in [0.29, 0.717) is 12.5 Å². The predicted molar refractivity (Wildman–Crippen MR) is 53.4 cm³/mol. The molecule has 0 radical (unpaired) electrons. The topological polar surface area (TPSA) is 29.5 Å². The van der Waals surface area contributed by atoms with Crippen molar-refractivity contribution >= 4 is 0 Å². The van der Waals surface area contributed by atoms with Crippen molar-refractivity contribution in [2.45, 2.75) is 18.3 Å². The SMILES string of the molecule is OC[C@H]1C[C@@]12CCOc1ccccc12. The Morgan fingerprint density at radius 1 is 1.43 bits per heavy atom. The standard InChI is InChI=1S/C12H14O2/c13-8-9-7-12(9)5-6-14-11-4-2-1-3-10(11)12/h1-4,9,13H,5-8H2/t9-,12+/m1/s1. The number of fused-ring (bicyclic) bond motifs is 2. The first-order valence-electron chi connectivity index (χ1n) is 5.20. The molecule has 1 saturated carbocycles. The van der Waals surface area contributed by atoms with Gasteiger partial charge in [-0.1, -0.05) is 18.2 Å². The summed E-state index contributed by atoms with van der Waals surface area (Å²) in [7, 11) is 0. The van der Waals surface area contributed by atoms with Gasteiger partial charge in [0, 0.05) is 17.6 Å². The molecule has 1 aliphatic carbocycles. The normalized spacial score (nSPS) is 33.6. The van der Waals surface area contributed by atoms with Gasteiger partial charge in [-0.15, -0.1) is 0 Å². The summed E-state index contributed by atoms with van der Waals surface area (Å²) >= 11 is 0. The number of hydrogen-bond acceptors (Lipinski definition) is 2. The van der Waals surface area contributed by atoms with Crippen molar-refractivity contribution < 1.29 is 9.84 Å². The van der Waals surface area contributed by atoms with Gasteiger partial charge in [0.05, 0.1) is 6.61 Å². The number of hydrogen-bond donors (Lipinski definition) is 1. The van der Waals surface area contributed by atoms with Crippen LogP contribution in [0.2, 0.25) is 0 Å². The molecule has 1 aliphatic heterocycles. The van der Waals surface area contributed by atoms with Crippen LogP contribution in [0.5, 0.6) is 5.75 Å². The fraction of sp³-hybridized carbons (Fsp3) is 0.500. The summed E-state index contributed by atoms with van der Waals surface area (Å²) in [5, 5.41) is 9.21. The predicted octanol–water partition coefficient (Wildman–Crippen LogP) is 1.72. The summed E-state index contributed by atoms with van der Waals surface area (Å²) in [5.74, 6) is 1.49. The summed E-state index contributed by atoms with van der Waals surface area (Å²) < 4.78 is 5.61. The van der Waals surface area contributed by atoms with Crippen LogP contribution in [0.15, 0.2) is 24.3 Å². The van der Waals surface area contributed by atoms with Crippen LogP contribution < -0.4 is 4.74 Å². The minimum atomic E-state index is 0.254. The first-order chi connectivity index (χ1) is 6.87. The molecule has 3 rings (SSSR count). The second-order valence-electron chi connectivity index (χ2n) is 4.33. The van der Waals surface area contributed by atoms with Crippen molar-refractivity contribution in [3.8, 4) is 5.75 Å². The fourth-order valence-corrected chi connectivity index (χ4v) is 2.74. The molecule has 0 amide bonds. The Balaban J connectivity index is 2.05. The first-order valence-corrected chi connectivity index (χ1v) is 5.20. The maximum absolute atomic E-state index is 9.21. The van der Waals surface area contributed by atoms with E-state index in [2.05, 4.69) is 12.1 Å². The summed E-state index contributed by atoms with van der Waals surface area (Å²) in [4.78, 5) is 0. The fourth-order valence-electron chi connectivity index (χ4n) is 2.74. The van der Waals surface area contributed by atoms with Crippen LogP contribution in [-0.4, -0.2) is 18.3 Å². The van der Waals surface area contributed by atoms with Gasteiger partial charge in [-0.25, -0.2) is 0 Å². The number of aliphatic hydroxyl groups excluding tert-OH is 1. The highest BCUT2D eigenvalue weighted by Gasteiger charge is 2.56. The highest BCUT2D eigenvalue weighted by atomic mass is 16.5. The number of rotatable bonds is 1. The maximum Gasteiger partial charge on any atom is 0.123 e. The summed E-state index contributed by atoms with van der Waals surface area (Å²) in [6.45, 7) is 1.11. The van der Waals surface area contributed by atoms with E-state index in [1.54, 1.807) is 0 Å². The third kappa shape index (κ3) is 0.947. The van der Waals surface area contributed by atoms with Gasteiger partial charge < -0.3 is 9.84 Å². The Labute approximate surface area is 83.5 Å². The second-order valence-corrected chi connectivity index (χ2v) is 4.33. The molecule has 0 saturated heterocycles. The highest BCUT2D eigenvalue weighted by molar-refractivity contribution is 5.46. The van der Waals surface area contributed by atoms with E-state index in [1.807, 2.05) is 12.1 Å². The zero-order chi connectivity index (χ0) is 9.60. The maximum atomic E-state index is 9.21.